The lowest BCUT2D eigenvalue weighted by Crippen LogP contribution is -2.32. The zero-order valence-corrected chi connectivity index (χ0v) is 12.8. The maximum absolute atomic E-state index is 12.3. The summed E-state index contributed by atoms with van der Waals surface area (Å²) in [4.78, 5) is 28.5. The average molecular weight is 309 g/mol. The minimum Gasteiger partial charge on any atom is -0.349 e. The zero-order chi connectivity index (χ0) is 16.1. The molecule has 5 nitrogen and oxygen atoms in total. The van der Waals surface area contributed by atoms with Crippen molar-refractivity contribution >= 4 is 17.5 Å². The predicted molar refractivity (Wildman–Crippen MR) is 88.4 cm³/mol. The SMILES string of the molecule is O=C(NC1CCCC1)c1ccnc(C(=O)Nc2ccccc2)c1. The van der Waals surface area contributed by atoms with Crippen molar-refractivity contribution in [3.63, 3.8) is 0 Å². The fraction of sp³-hybridized carbons (Fsp3) is 0.278. The van der Waals surface area contributed by atoms with Gasteiger partial charge >= 0.3 is 0 Å². The van der Waals surface area contributed by atoms with E-state index in [2.05, 4.69) is 15.6 Å². The van der Waals surface area contributed by atoms with Crippen LogP contribution in [0.1, 0.15) is 46.5 Å². The molecule has 1 fully saturated rings. The van der Waals surface area contributed by atoms with E-state index in [4.69, 9.17) is 0 Å². The summed E-state index contributed by atoms with van der Waals surface area (Å²) in [6.07, 6.45) is 5.86. The van der Waals surface area contributed by atoms with Crippen LogP contribution in [-0.4, -0.2) is 22.8 Å². The number of hydrogen-bond acceptors (Lipinski definition) is 3. The van der Waals surface area contributed by atoms with Crippen molar-refractivity contribution in [2.45, 2.75) is 31.7 Å². The number of aromatic nitrogens is 1. The summed E-state index contributed by atoms with van der Waals surface area (Å²) in [5.74, 6) is -0.472. The molecular weight excluding hydrogens is 290 g/mol. The van der Waals surface area contributed by atoms with E-state index in [1.165, 1.54) is 12.3 Å². The van der Waals surface area contributed by atoms with E-state index in [9.17, 15) is 9.59 Å². The highest BCUT2D eigenvalue weighted by molar-refractivity contribution is 6.04. The minimum atomic E-state index is -0.327. The molecular formula is C18H19N3O2. The number of rotatable bonds is 4. The molecule has 118 valence electrons. The van der Waals surface area contributed by atoms with Crippen molar-refractivity contribution in [2.75, 3.05) is 5.32 Å². The normalized spacial score (nSPS) is 14.4. The van der Waals surface area contributed by atoms with Gasteiger partial charge in [-0.25, -0.2) is 0 Å². The number of pyridine rings is 1. The Morgan fingerprint density at radius 3 is 2.48 bits per heavy atom. The van der Waals surface area contributed by atoms with Crippen LogP contribution in [0.4, 0.5) is 5.69 Å². The van der Waals surface area contributed by atoms with Crippen molar-refractivity contribution in [1.82, 2.24) is 10.3 Å². The molecule has 2 aromatic rings. The molecule has 1 aliphatic rings. The Labute approximate surface area is 135 Å². The first-order valence-electron chi connectivity index (χ1n) is 7.86. The van der Waals surface area contributed by atoms with Gasteiger partial charge in [0.05, 0.1) is 0 Å². The van der Waals surface area contributed by atoms with Gasteiger partial charge in [-0.1, -0.05) is 31.0 Å². The van der Waals surface area contributed by atoms with Gasteiger partial charge in [0.1, 0.15) is 5.69 Å². The van der Waals surface area contributed by atoms with Gasteiger partial charge in [-0.15, -0.1) is 0 Å². The highest BCUT2D eigenvalue weighted by Crippen LogP contribution is 2.18. The maximum atomic E-state index is 12.3. The number of carbonyl (C=O) groups is 2. The van der Waals surface area contributed by atoms with Crippen molar-refractivity contribution in [3.05, 3.63) is 59.9 Å². The van der Waals surface area contributed by atoms with Crippen LogP contribution < -0.4 is 10.6 Å². The van der Waals surface area contributed by atoms with E-state index >= 15 is 0 Å². The Kier molecular flexibility index (Phi) is 4.66. The molecule has 0 unspecified atom stereocenters. The van der Waals surface area contributed by atoms with Crippen LogP contribution in [-0.2, 0) is 0 Å². The topological polar surface area (TPSA) is 71.1 Å². The van der Waals surface area contributed by atoms with E-state index in [-0.39, 0.29) is 23.6 Å². The van der Waals surface area contributed by atoms with Gasteiger partial charge < -0.3 is 10.6 Å². The molecule has 3 rings (SSSR count). The molecule has 1 saturated carbocycles. The second kappa shape index (κ2) is 7.05. The van der Waals surface area contributed by atoms with Crippen molar-refractivity contribution < 1.29 is 9.59 Å². The smallest absolute Gasteiger partial charge is 0.274 e. The third-order valence-electron chi connectivity index (χ3n) is 3.98. The summed E-state index contributed by atoms with van der Waals surface area (Å²) in [5, 5.41) is 5.78. The summed E-state index contributed by atoms with van der Waals surface area (Å²) in [5.41, 5.74) is 1.39. The first-order chi connectivity index (χ1) is 11.2. The molecule has 0 bridgehead atoms. The molecule has 2 amide bonds. The number of hydrogen-bond donors (Lipinski definition) is 2. The van der Waals surface area contributed by atoms with Crippen LogP contribution in [0.2, 0.25) is 0 Å². The number of nitrogens with zero attached hydrogens (tertiary/aromatic N) is 1. The molecule has 0 saturated heterocycles. The second-order valence-electron chi connectivity index (χ2n) is 5.70. The third kappa shape index (κ3) is 3.94. The first-order valence-corrected chi connectivity index (χ1v) is 7.86. The Morgan fingerprint density at radius 2 is 1.74 bits per heavy atom. The third-order valence-corrected chi connectivity index (χ3v) is 3.98. The van der Waals surface area contributed by atoms with Crippen molar-refractivity contribution in [2.24, 2.45) is 0 Å². The van der Waals surface area contributed by atoms with Gasteiger partial charge in [-0.05, 0) is 37.1 Å². The Morgan fingerprint density at radius 1 is 1.00 bits per heavy atom. The summed E-state index contributed by atoms with van der Waals surface area (Å²) >= 11 is 0. The quantitative estimate of drug-likeness (QED) is 0.912. The summed E-state index contributed by atoms with van der Waals surface area (Å²) in [6, 6.07) is 12.6. The van der Waals surface area contributed by atoms with E-state index in [1.807, 2.05) is 18.2 Å². The Hall–Kier alpha value is -2.69. The van der Waals surface area contributed by atoms with Gasteiger partial charge in [0.2, 0.25) is 0 Å². The lowest BCUT2D eigenvalue weighted by Gasteiger charge is -2.12. The summed E-state index contributed by atoms with van der Waals surface area (Å²) in [7, 11) is 0. The number of nitrogens with one attached hydrogen (secondary N) is 2. The summed E-state index contributed by atoms with van der Waals surface area (Å²) in [6.45, 7) is 0. The number of anilines is 1. The predicted octanol–water partition coefficient (Wildman–Crippen LogP) is 3.01. The number of benzene rings is 1. The first kappa shape index (κ1) is 15.2. The van der Waals surface area contributed by atoms with Crippen molar-refractivity contribution in [1.29, 1.82) is 0 Å². The molecule has 23 heavy (non-hydrogen) atoms. The Balaban J connectivity index is 1.68. The number of para-hydroxylation sites is 1. The van der Waals surface area contributed by atoms with Crippen LogP contribution in [0.15, 0.2) is 48.7 Å². The number of amides is 2. The fourth-order valence-electron chi connectivity index (χ4n) is 2.75. The average Bonchev–Trinajstić information content (AvgIpc) is 3.09. The van der Waals surface area contributed by atoms with Gasteiger partial charge in [0.15, 0.2) is 0 Å². The molecule has 1 aliphatic carbocycles. The highest BCUT2D eigenvalue weighted by Gasteiger charge is 2.19. The largest absolute Gasteiger partial charge is 0.349 e. The van der Waals surface area contributed by atoms with E-state index in [0.29, 0.717) is 11.3 Å². The van der Waals surface area contributed by atoms with Gasteiger partial charge in [-0.3, -0.25) is 14.6 Å². The lowest BCUT2D eigenvalue weighted by atomic mass is 10.1. The molecule has 0 spiro atoms. The van der Waals surface area contributed by atoms with Gasteiger partial charge in [0, 0.05) is 23.5 Å². The van der Waals surface area contributed by atoms with Crippen molar-refractivity contribution in [3.8, 4) is 0 Å². The molecule has 1 aromatic carbocycles. The standard InChI is InChI=1S/C18H19N3O2/c22-17(20-14-8-4-5-9-14)13-10-11-19-16(12-13)18(23)21-15-6-2-1-3-7-15/h1-3,6-7,10-12,14H,4-5,8-9H2,(H,20,22)(H,21,23). The Bertz CT molecular complexity index is 694. The molecule has 1 aromatic heterocycles. The number of carbonyl (C=O) groups excluding carboxylic acids is 2. The molecule has 0 aliphatic heterocycles. The van der Waals surface area contributed by atoms with E-state index < -0.39 is 0 Å². The minimum absolute atomic E-state index is 0.145. The highest BCUT2D eigenvalue weighted by atomic mass is 16.2. The van der Waals surface area contributed by atoms with E-state index in [0.717, 1.165) is 25.7 Å². The van der Waals surface area contributed by atoms with Crippen LogP contribution >= 0.6 is 0 Å². The second-order valence-corrected chi connectivity index (χ2v) is 5.70. The molecule has 2 N–H and O–H groups in total. The van der Waals surface area contributed by atoms with Crippen LogP contribution in [0.5, 0.6) is 0 Å². The van der Waals surface area contributed by atoms with Crippen LogP contribution in [0, 0.1) is 0 Å². The lowest BCUT2D eigenvalue weighted by molar-refractivity contribution is 0.0937. The van der Waals surface area contributed by atoms with Crippen LogP contribution in [0.3, 0.4) is 0 Å². The summed E-state index contributed by atoms with van der Waals surface area (Å²) < 4.78 is 0. The molecule has 0 atom stereocenters. The van der Waals surface area contributed by atoms with Gasteiger partial charge in [0.25, 0.3) is 11.8 Å². The molecule has 5 heteroatoms. The monoisotopic (exact) mass is 309 g/mol. The maximum Gasteiger partial charge on any atom is 0.274 e. The molecule has 0 radical (unpaired) electrons. The molecule has 1 heterocycles. The zero-order valence-electron chi connectivity index (χ0n) is 12.8. The van der Waals surface area contributed by atoms with E-state index in [1.54, 1.807) is 18.2 Å². The fourth-order valence-corrected chi connectivity index (χ4v) is 2.75. The van der Waals surface area contributed by atoms with Crippen LogP contribution in [0.25, 0.3) is 0 Å². The van der Waals surface area contributed by atoms with Gasteiger partial charge in [-0.2, -0.15) is 0 Å².